The summed E-state index contributed by atoms with van der Waals surface area (Å²) in [6.45, 7) is 5.47. The molecule has 0 amide bonds. The number of aromatic carboxylic acids is 1. The monoisotopic (exact) mass is 570 g/mol. The molecular formula is C30H30F4N4O3. The lowest BCUT2D eigenvalue weighted by Gasteiger charge is -2.13. The highest BCUT2D eigenvalue weighted by molar-refractivity contribution is 6.14. The molecule has 0 fully saturated rings. The fourth-order valence-electron chi connectivity index (χ4n) is 3.77. The Hall–Kier alpha value is -4.80. The Morgan fingerprint density at radius 3 is 2.22 bits per heavy atom. The normalized spacial score (nSPS) is 10.5. The van der Waals surface area contributed by atoms with Gasteiger partial charge in [0.05, 0.1) is 28.9 Å². The third-order valence-corrected chi connectivity index (χ3v) is 5.79. The third kappa shape index (κ3) is 7.87. The fourth-order valence-corrected chi connectivity index (χ4v) is 3.77. The zero-order chi connectivity index (χ0) is 30.9. The van der Waals surface area contributed by atoms with E-state index in [4.69, 9.17) is 10.5 Å². The first-order valence-corrected chi connectivity index (χ1v) is 12.4. The van der Waals surface area contributed by atoms with Crippen LogP contribution < -0.4 is 5.32 Å². The van der Waals surface area contributed by atoms with E-state index < -0.39 is 23.5 Å². The van der Waals surface area contributed by atoms with Gasteiger partial charge in [-0.25, -0.2) is 14.2 Å². The van der Waals surface area contributed by atoms with Crippen LogP contribution in [0.2, 0.25) is 0 Å². The Labute approximate surface area is 235 Å². The summed E-state index contributed by atoms with van der Waals surface area (Å²) in [5, 5.41) is 20.3. The van der Waals surface area contributed by atoms with Crippen LogP contribution in [0.3, 0.4) is 0 Å². The van der Waals surface area contributed by atoms with Gasteiger partial charge in [-0.2, -0.15) is 13.2 Å². The maximum Gasteiger partial charge on any atom is 0.417 e. The predicted molar refractivity (Wildman–Crippen MR) is 150 cm³/mol. The standard InChI is InChI=1S/C19H17FN4O2.C9H7F3O.C2H6/c1-22-16-8-11(17-9-24(2)10-23-17)3-6-14(16)18(21)13-5-4-12(19(25)26)7-15(13)20;1-6-3-2-4-8(7(6)5-13)9(10,11)12;1-2/h3-10,21-22H,1-2H3,(H,25,26);2-5H,1H3;1-2H3. The molecule has 11 heteroatoms. The van der Waals surface area contributed by atoms with Crippen LogP contribution in [0, 0.1) is 18.2 Å². The van der Waals surface area contributed by atoms with Crippen molar-refractivity contribution in [2.75, 3.05) is 12.4 Å². The lowest BCUT2D eigenvalue weighted by Crippen LogP contribution is -2.09. The molecule has 7 nitrogen and oxygen atoms in total. The Morgan fingerprint density at radius 1 is 1.07 bits per heavy atom. The number of carbonyl (C=O) groups is 2. The van der Waals surface area contributed by atoms with E-state index in [1.165, 1.54) is 31.2 Å². The van der Waals surface area contributed by atoms with Crippen molar-refractivity contribution in [2.45, 2.75) is 26.9 Å². The van der Waals surface area contributed by atoms with Crippen molar-refractivity contribution < 1.29 is 32.3 Å². The van der Waals surface area contributed by atoms with E-state index in [-0.39, 0.29) is 28.7 Å². The number of aryl methyl sites for hydroxylation is 2. The van der Waals surface area contributed by atoms with Gasteiger partial charge in [0.2, 0.25) is 0 Å². The number of aldehydes is 1. The average molecular weight is 571 g/mol. The number of imidazole rings is 1. The maximum atomic E-state index is 14.3. The molecule has 0 aliphatic carbocycles. The van der Waals surface area contributed by atoms with Crippen LogP contribution in [-0.4, -0.2) is 39.7 Å². The zero-order valence-electron chi connectivity index (χ0n) is 23.1. The average Bonchev–Trinajstić information content (AvgIpc) is 3.39. The maximum absolute atomic E-state index is 14.3. The second kappa shape index (κ2) is 14.0. The molecule has 4 aromatic rings. The van der Waals surface area contributed by atoms with Gasteiger partial charge in [-0.05, 0) is 42.8 Å². The van der Waals surface area contributed by atoms with Crippen LogP contribution in [0.5, 0.6) is 0 Å². The van der Waals surface area contributed by atoms with E-state index >= 15 is 0 Å². The highest BCUT2D eigenvalue weighted by Gasteiger charge is 2.33. The van der Waals surface area contributed by atoms with Crippen LogP contribution in [0.1, 0.15) is 56.8 Å². The first-order valence-electron chi connectivity index (χ1n) is 12.4. The minimum Gasteiger partial charge on any atom is -0.478 e. The Bertz CT molecular complexity index is 1550. The van der Waals surface area contributed by atoms with Gasteiger partial charge in [0, 0.05) is 48.2 Å². The van der Waals surface area contributed by atoms with Gasteiger partial charge in [0.1, 0.15) is 5.82 Å². The molecule has 4 rings (SSSR count). The summed E-state index contributed by atoms with van der Waals surface area (Å²) in [5.41, 5.74) is 1.86. The van der Waals surface area contributed by atoms with Gasteiger partial charge < -0.3 is 15.0 Å². The molecule has 1 aromatic heterocycles. The summed E-state index contributed by atoms with van der Waals surface area (Å²) in [7, 11) is 3.60. The topological polar surface area (TPSA) is 108 Å². The summed E-state index contributed by atoms with van der Waals surface area (Å²) in [5.74, 6) is -1.96. The molecule has 0 saturated heterocycles. The van der Waals surface area contributed by atoms with Crippen LogP contribution in [0.15, 0.2) is 67.1 Å². The highest BCUT2D eigenvalue weighted by Crippen LogP contribution is 2.32. The van der Waals surface area contributed by atoms with Crippen molar-refractivity contribution in [2.24, 2.45) is 7.05 Å². The van der Waals surface area contributed by atoms with Crippen LogP contribution >= 0.6 is 0 Å². The second-order valence-electron chi connectivity index (χ2n) is 8.46. The van der Waals surface area contributed by atoms with E-state index in [9.17, 15) is 27.2 Å². The number of nitrogens with zero attached hydrogens (tertiary/aromatic N) is 2. The first-order chi connectivity index (χ1) is 19.4. The summed E-state index contributed by atoms with van der Waals surface area (Å²) < 4.78 is 52.9. The number of hydrogen-bond donors (Lipinski definition) is 3. The molecular weight excluding hydrogens is 540 g/mol. The number of alkyl halides is 3. The molecule has 0 bridgehead atoms. The summed E-state index contributed by atoms with van der Waals surface area (Å²) in [6.07, 6.45) is -0.645. The Kier molecular flexibility index (Phi) is 11.1. The molecule has 216 valence electrons. The third-order valence-electron chi connectivity index (χ3n) is 5.79. The molecule has 0 atom stereocenters. The number of carbonyl (C=O) groups excluding carboxylic acids is 1. The number of halogens is 4. The van der Waals surface area contributed by atoms with Crippen molar-refractivity contribution in [1.82, 2.24) is 9.55 Å². The van der Waals surface area contributed by atoms with Gasteiger partial charge in [0.15, 0.2) is 6.29 Å². The van der Waals surface area contributed by atoms with Crippen LogP contribution in [-0.2, 0) is 13.2 Å². The largest absolute Gasteiger partial charge is 0.478 e. The molecule has 1 heterocycles. The van der Waals surface area contributed by atoms with E-state index in [2.05, 4.69) is 10.3 Å². The van der Waals surface area contributed by atoms with Crippen molar-refractivity contribution in [3.63, 3.8) is 0 Å². The van der Waals surface area contributed by atoms with Gasteiger partial charge in [-0.3, -0.25) is 10.2 Å². The zero-order valence-corrected chi connectivity index (χ0v) is 23.1. The number of nitrogens with one attached hydrogen (secondary N) is 2. The van der Waals surface area contributed by atoms with Crippen molar-refractivity contribution >= 4 is 23.7 Å². The number of carboxylic acid groups (broad SMARTS) is 1. The highest BCUT2D eigenvalue weighted by atomic mass is 19.4. The van der Waals surface area contributed by atoms with Gasteiger partial charge in [-0.15, -0.1) is 0 Å². The van der Waals surface area contributed by atoms with Gasteiger partial charge in [0.25, 0.3) is 0 Å². The Balaban J connectivity index is 0.000000330. The van der Waals surface area contributed by atoms with E-state index in [0.717, 1.165) is 23.4 Å². The molecule has 0 spiro atoms. The van der Waals surface area contributed by atoms with E-state index in [0.29, 0.717) is 16.8 Å². The second-order valence-corrected chi connectivity index (χ2v) is 8.46. The lowest BCUT2D eigenvalue weighted by atomic mass is 9.97. The van der Waals surface area contributed by atoms with E-state index in [1.807, 2.05) is 43.8 Å². The van der Waals surface area contributed by atoms with Crippen molar-refractivity contribution in [3.05, 3.63) is 106 Å². The number of hydrogen-bond acceptors (Lipinski definition) is 5. The molecule has 0 saturated carbocycles. The molecule has 3 aromatic carbocycles. The number of anilines is 1. The molecule has 0 unspecified atom stereocenters. The van der Waals surface area contributed by atoms with Gasteiger partial charge >= 0.3 is 12.1 Å². The summed E-state index contributed by atoms with van der Waals surface area (Å²) >= 11 is 0. The summed E-state index contributed by atoms with van der Waals surface area (Å²) in [6, 6.07) is 12.6. The molecule has 0 radical (unpaired) electrons. The smallest absolute Gasteiger partial charge is 0.417 e. The van der Waals surface area contributed by atoms with E-state index in [1.54, 1.807) is 19.4 Å². The first kappa shape index (κ1) is 32.4. The van der Waals surface area contributed by atoms with Gasteiger partial charge in [-0.1, -0.05) is 38.1 Å². The molecule has 0 aliphatic rings. The summed E-state index contributed by atoms with van der Waals surface area (Å²) in [4.78, 5) is 25.6. The molecule has 0 aliphatic heterocycles. The lowest BCUT2D eigenvalue weighted by molar-refractivity contribution is -0.137. The Morgan fingerprint density at radius 2 is 1.73 bits per heavy atom. The fraction of sp³-hybridized carbons (Fsp3) is 0.200. The number of aromatic nitrogens is 2. The van der Waals surface area contributed by atoms with Crippen LogP contribution in [0.25, 0.3) is 11.3 Å². The predicted octanol–water partition coefficient (Wildman–Crippen LogP) is 7.23. The minimum absolute atomic E-state index is 0.0311. The van der Waals surface area contributed by atoms with Crippen molar-refractivity contribution in [1.29, 1.82) is 5.41 Å². The van der Waals surface area contributed by atoms with Crippen LogP contribution in [0.4, 0.5) is 23.2 Å². The number of benzene rings is 3. The minimum atomic E-state index is -4.46. The molecule has 41 heavy (non-hydrogen) atoms. The number of carboxylic acids is 1. The number of rotatable bonds is 6. The van der Waals surface area contributed by atoms with Crippen molar-refractivity contribution in [3.8, 4) is 11.3 Å². The quantitative estimate of drug-likeness (QED) is 0.129. The molecule has 3 N–H and O–H groups in total. The SMILES string of the molecule is CC.CNc1cc(-c2cn(C)cn2)ccc1C(=N)c1ccc(C(=O)O)cc1F.Cc1cccc(C(F)(F)F)c1C=O.